The highest BCUT2D eigenvalue weighted by Gasteiger charge is 2.20. The number of para-hydroxylation sites is 1. The van der Waals surface area contributed by atoms with Crippen molar-refractivity contribution in [2.75, 3.05) is 0 Å². The molecule has 28 heavy (non-hydrogen) atoms. The number of esters is 1. The van der Waals surface area contributed by atoms with Crippen molar-refractivity contribution in [2.24, 2.45) is 0 Å². The molecule has 0 spiro atoms. The average molecular weight is 388 g/mol. The van der Waals surface area contributed by atoms with E-state index < -0.39 is 5.97 Å². The number of ether oxygens (including phenoxy) is 1. The number of Topliss-reactive ketones (excluding diaryl/α,β-unsaturated/α-hetero) is 1. The number of thiophene rings is 1. The SMILES string of the molecule is CC(=O)c1ccc(OC(=O)c2cc(-c3cccs3)nn2-c2ccccc2)cc1. The summed E-state index contributed by atoms with van der Waals surface area (Å²) in [6, 6.07) is 21.5. The first-order valence-electron chi connectivity index (χ1n) is 8.64. The highest BCUT2D eigenvalue weighted by atomic mass is 32.1. The molecule has 0 bridgehead atoms. The Balaban J connectivity index is 1.69. The van der Waals surface area contributed by atoms with Crippen molar-refractivity contribution < 1.29 is 14.3 Å². The maximum absolute atomic E-state index is 12.9. The molecule has 0 amide bonds. The zero-order valence-electron chi connectivity index (χ0n) is 15.0. The van der Waals surface area contributed by atoms with Crippen LogP contribution >= 0.6 is 11.3 Å². The first-order chi connectivity index (χ1) is 13.6. The summed E-state index contributed by atoms with van der Waals surface area (Å²) in [4.78, 5) is 25.2. The molecule has 2 aromatic carbocycles. The van der Waals surface area contributed by atoms with Crippen LogP contribution in [-0.4, -0.2) is 21.5 Å². The number of hydrogen-bond acceptors (Lipinski definition) is 5. The zero-order valence-corrected chi connectivity index (χ0v) is 15.8. The lowest BCUT2D eigenvalue weighted by molar-refractivity contribution is 0.0725. The molecule has 0 atom stereocenters. The molecule has 2 aromatic heterocycles. The first-order valence-corrected chi connectivity index (χ1v) is 9.52. The summed E-state index contributed by atoms with van der Waals surface area (Å²) in [5, 5.41) is 6.57. The minimum absolute atomic E-state index is 0.0411. The fraction of sp³-hybridized carbons (Fsp3) is 0.0455. The third kappa shape index (κ3) is 3.63. The van der Waals surface area contributed by atoms with Gasteiger partial charge in [0.25, 0.3) is 0 Å². The van der Waals surface area contributed by atoms with Gasteiger partial charge < -0.3 is 4.74 Å². The Hall–Kier alpha value is -3.51. The van der Waals surface area contributed by atoms with Crippen LogP contribution < -0.4 is 4.74 Å². The van der Waals surface area contributed by atoms with Gasteiger partial charge in [0, 0.05) is 11.6 Å². The predicted octanol–water partition coefficient (Wildman–Crippen LogP) is 5.02. The molecule has 5 nitrogen and oxygen atoms in total. The zero-order chi connectivity index (χ0) is 19.5. The van der Waals surface area contributed by atoms with E-state index in [0.29, 0.717) is 22.7 Å². The fourth-order valence-corrected chi connectivity index (χ4v) is 3.44. The molecule has 0 saturated heterocycles. The highest BCUT2D eigenvalue weighted by molar-refractivity contribution is 7.13. The van der Waals surface area contributed by atoms with Crippen molar-refractivity contribution in [3.05, 3.63) is 89.4 Å². The number of benzene rings is 2. The lowest BCUT2D eigenvalue weighted by Gasteiger charge is -2.08. The molecule has 0 aliphatic carbocycles. The minimum atomic E-state index is -0.519. The van der Waals surface area contributed by atoms with Gasteiger partial charge >= 0.3 is 5.97 Å². The summed E-state index contributed by atoms with van der Waals surface area (Å²) in [7, 11) is 0. The third-order valence-electron chi connectivity index (χ3n) is 4.16. The van der Waals surface area contributed by atoms with Gasteiger partial charge in [0.2, 0.25) is 0 Å². The number of carbonyl (C=O) groups is 2. The Labute approximate surface area is 165 Å². The van der Waals surface area contributed by atoms with E-state index >= 15 is 0 Å². The van der Waals surface area contributed by atoms with Crippen LogP contribution in [0.5, 0.6) is 5.75 Å². The van der Waals surface area contributed by atoms with Crippen molar-refractivity contribution in [1.29, 1.82) is 0 Å². The average Bonchev–Trinajstić information content (AvgIpc) is 3.39. The van der Waals surface area contributed by atoms with E-state index in [4.69, 9.17) is 4.74 Å². The van der Waals surface area contributed by atoms with E-state index in [1.54, 1.807) is 46.4 Å². The van der Waals surface area contributed by atoms with E-state index in [2.05, 4.69) is 5.10 Å². The predicted molar refractivity (Wildman–Crippen MR) is 108 cm³/mol. The molecule has 0 fully saturated rings. The molecule has 4 rings (SSSR count). The van der Waals surface area contributed by atoms with Crippen LogP contribution in [0, 0.1) is 0 Å². The van der Waals surface area contributed by atoms with E-state index in [0.717, 1.165) is 10.6 Å². The number of aromatic nitrogens is 2. The molecule has 0 saturated carbocycles. The summed E-state index contributed by atoms with van der Waals surface area (Å²) in [6.07, 6.45) is 0. The van der Waals surface area contributed by atoms with Gasteiger partial charge in [-0.1, -0.05) is 24.3 Å². The van der Waals surface area contributed by atoms with Gasteiger partial charge in [0.15, 0.2) is 11.5 Å². The van der Waals surface area contributed by atoms with Gasteiger partial charge in [-0.05, 0) is 54.8 Å². The maximum atomic E-state index is 12.9. The van der Waals surface area contributed by atoms with E-state index in [1.807, 2.05) is 47.8 Å². The molecule has 138 valence electrons. The monoisotopic (exact) mass is 388 g/mol. The maximum Gasteiger partial charge on any atom is 0.362 e. The Kier molecular flexibility index (Phi) is 4.87. The second-order valence-electron chi connectivity index (χ2n) is 6.11. The van der Waals surface area contributed by atoms with Crippen molar-refractivity contribution in [3.8, 4) is 22.0 Å². The van der Waals surface area contributed by atoms with E-state index in [1.165, 1.54) is 6.92 Å². The molecule has 0 aliphatic heterocycles. The summed E-state index contributed by atoms with van der Waals surface area (Å²) >= 11 is 1.55. The first kappa shape index (κ1) is 17.9. The molecule has 4 aromatic rings. The van der Waals surface area contributed by atoms with Crippen molar-refractivity contribution in [3.63, 3.8) is 0 Å². The lowest BCUT2D eigenvalue weighted by Crippen LogP contribution is -2.14. The summed E-state index contributed by atoms with van der Waals surface area (Å²) < 4.78 is 7.10. The van der Waals surface area contributed by atoms with Crippen molar-refractivity contribution in [2.45, 2.75) is 6.92 Å². The van der Waals surface area contributed by atoms with Crippen LogP contribution in [0.15, 0.2) is 78.2 Å². The van der Waals surface area contributed by atoms with Crippen LogP contribution in [0.4, 0.5) is 0 Å². The Morgan fingerprint density at radius 2 is 1.71 bits per heavy atom. The molecule has 0 N–H and O–H groups in total. The van der Waals surface area contributed by atoms with Gasteiger partial charge in [-0.3, -0.25) is 4.79 Å². The quantitative estimate of drug-likeness (QED) is 0.273. The van der Waals surface area contributed by atoms with Crippen LogP contribution in [0.3, 0.4) is 0 Å². The third-order valence-corrected chi connectivity index (χ3v) is 5.06. The second-order valence-corrected chi connectivity index (χ2v) is 7.06. The van der Waals surface area contributed by atoms with Crippen LogP contribution in [0.1, 0.15) is 27.8 Å². The largest absolute Gasteiger partial charge is 0.422 e. The number of hydrogen-bond donors (Lipinski definition) is 0. The number of rotatable bonds is 5. The number of carbonyl (C=O) groups excluding carboxylic acids is 2. The van der Waals surface area contributed by atoms with Crippen LogP contribution in [0.25, 0.3) is 16.3 Å². The summed E-state index contributed by atoms with van der Waals surface area (Å²) in [6.45, 7) is 1.49. The minimum Gasteiger partial charge on any atom is -0.422 e. The van der Waals surface area contributed by atoms with Crippen molar-refractivity contribution in [1.82, 2.24) is 9.78 Å². The van der Waals surface area contributed by atoms with Gasteiger partial charge in [0.1, 0.15) is 11.4 Å². The lowest BCUT2D eigenvalue weighted by atomic mass is 10.1. The Bertz CT molecular complexity index is 1110. The standard InChI is InChI=1S/C22H16N2O3S/c1-15(25)16-9-11-18(12-10-16)27-22(26)20-14-19(21-8-5-13-28-21)23-24(20)17-6-3-2-4-7-17/h2-14H,1H3. The summed E-state index contributed by atoms with van der Waals surface area (Å²) in [5.74, 6) is -0.191. The Morgan fingerprint density at radius 1 is 0.964 bits per heavy atom. The second kappa shape index (κ2) is 7.62. The summed E-state index contributed by atoms with van der Waals surface area (Å²) in [5.41, 5.74) is 2.36. The normalized spacial score (nSPS) is 10.6. The number of ketones is 1. The molecular formula is C22H16N2O3S. The van der Waals surface area contributed by atoms with Gasteiger partial charge in [-0.2, -0.15) is 5.10 Å². The van der Waals surface area contributed by atoms with Crippen molar-refractivity contribution >= 4 is 23.1 Å². The molecular weight excluding hydrogens is 372 g/mol. The molecule has 0 aliphatic rings. The van der Waals surface area contributed by atoms with Crippen LogP contribution in [0.2, 0.25) is 0 Å². The number of nitrogens with zero attached hydrogens (tertiary/aromatic N) is 2. The fourth-order valence-electron chi connectivity index (χ4n) is 2.75. The highest BCUT2D eigenvalue weighted by Crippen LogP contribution is 2.26. The smallest absolute Gasteiger partial charge is 0.362 e. The van der Waals surface area contributed by atoms with Gasteiger partial charge in [-0.15, -0.1) is 11.3 Å². The topological polar surface area (TPSA) is 61.2 Å². The molecule has 2 heterocycles. The molecule has 6 heteroatoms. The van der Waals surface area contributed by atoms with Gasteiger partial charge in [-0.25, -0.2) is 9.48 Å². The van der Waals surface area contributed by atoms with Crippen LogP contribution in [-0.2, 0) is 0 Å². The molecule has 0 unspecified atom stereocenters. The Morgan fingerprint density at radius 3 is 2.36 bits per heavy atom. The van der Waals surface area contributed by atoms with Gasteiger partial charge in [0.05, 0.1) is 10.6 Å². The molecule has 0 radical (unpaired) electrons. The van der Waals surface area contributed by atoms with E-state index in [9.17, 15) is 9.59 Å². The van der Waals surface area contributed by atoms with E-state index in [-0.39, 0.29) is 5.78 Å².